The number of anilines is 1. The Morgan fingerprint density at radius 2 is 1.97 bits per heavy atom. The molecule has 2 aromatic carbocycles. The summed E-state index contributed by atoms with van der Waals surface area (Å²) in [6.45, 7) is 1.81. The van der Waals surface area contributed by atoms with Crippen molar-refractivity contribution in [2.75, 3.05) is 18.0 Å². The number of rotatable bonds is 5. The first kappa shape index (κ1) is 19.1. The first-order valence-corrected chi connectivity index (χ1v) is 10.6. The van der Waals surface area contributed by atoms with Crippen LogP contribution in [0.15, 0.2) is 48.5 Å². The number of carbonyl (C=O) groups excluding carboxylic acids is 1. The monoisotopic (exact) mass is 406 g/mol. The molecule has 30 heavy (non-hydrogen) atoms. The normalized spacial score (nSPS) is 23.8. The van der Waals surface area contributed by atoms with Gasteiger partial charge in [-0.15, -0.1) is 0 Å². The second kappa shape index (κ2) is 7.43. The molecule has 2 heterocycles. The van der Waals surface area contributed by atoms with Gasteiger partial charge >= 0.3 is 5.97 Å². The molecule has 1 saturated heterocycles. The fourth-order valence-corrected chi connectivity index (χ4v) is 4.78. The van der Waals surface area contributed by atoms with Gasteiger partial charge in [-0.2, -0.15) is 0 Å². The highest BCUT2D eigenvalue weighted by molar-refractivity contribution is 6.01. The third-order valence-electron chi connectivity index (χ3n) is 6.75. The topological polar surface area (TPSA) is 78.9 Å². The Hall–Kier alpha value is -2.86. The first-order valence-electron chi connectivity index (χ1n) is 10.6. The molecule has 2 fully saturated rings. The van der Waals surface area contributed by atoms with E-state index in [0.717, 1.165) is 48.4 Å². The fraction of sp³-hybridized carbons (Fsp3) is 0.417. The number of amides is 1. The summed E-state index contributed by atoms with van der Waals surface area (Å²) in [5.41, 5.74) is 3.14. The lowest BCUT2D eigenvalue weighted by Crippen LogP contribution is -2.57. The lowest BCUT2D eigenvalue weighted by atomic mass is 9.82. The molecule has 2 unspecified atom stereocenters. The van der Waals surface area contributed by atoms with Gasteiger partial charge in [0.25, 0.3) is 0 Å². The predicted molar refractivity (Wildman–Crippen MR) is 112 cm³/mol. The van der Waals surface area contributed by atoms with Crippen LogP contribution < -0.4 is 15.0 Å². The molecule has 2 atom stereocenters. The third kappa shape index (κ3) is 3.56. The number of hydrogen-bond acceptors (Lipinski definition) is 4. The van der Waals surface area contributed by atoms with Crippen LogP contribution in [0, 0.1) is 11.3 Å². The molecule has 5 rings (SSSR count). The van der Waals surface area contributed by atoms with Crippen molar-refractivity contribution in [3.63, 3.8) is 0 Å². The molecule has 1 saturated carbocycles. The second-order valence-corrected chi connectivity index (χ2v) is 8.81. The predicted octanol–water partition coefficient (Wildman–Crippen LogP) is 3.00. The molecule has 6 heteroatoms. The van der Waals surface area contributed by atoms with Crippen LogP contribution in [0.5, 0.6) is 5.75 Å². The molecule has 1 spiro atoms. The van der Waals surface area contributed by atoms with Crippen molar-refractivity contribution < 1.29 is 19.4 Å². The minimum absolute atomic E-state index is 0.105. The molecular formula is C24H26N2O4. The highest BCUT2D eigenvalue weighted by Crippen LogP contribution is 2.52. The number of nitrogens with zero attached hydrogens (tertiary/aromatic N) is 1. The van der Waals surface area contributed by atoms with E-state index in [9.17, 15) is 14.7 Å². The number of benzene rings is 2. The van der Waals surface area contributed by atoms with Crippen LogP contribution in [0.3, 0.4) is 0 Å². The maximum atomic E-state index is 13.3. The molecule has 3 aliphatic rings. The van der Waals surface area contributed by atoms with E-state index in [0.29, 0.717) is 19.6 Å². The highest BCUT2D eigenvalue weighted by Gasteiger charge is 2.53. The summed E-state index contributed by atoms with van der Waals surface area (Å²) >= 11 is 0. The Morgan fingerprint density at radius 1 is 1.17 bits per heavy atom. The van der Waals surface area contributed by atoms with E-state index in [-0.39, 0.29) is 11.3 Å². The molecule has 2 aromatic rings. The maximum absolute atomic E-state index is 13.3. The number of carboxylic acids is 1. The van der Waals surface area contributed by atoms with Crippen molar-refractivity contribution >= 4 is 17.6 Å². The minimum atomic E-state index is -0.879. The molecule has 6 nitrogen and oxygen atoms in total. The number of carboxylic acid groups (broad SMARTS) is 1. The summed E-state index contributed by atoms with van der Waals surface area (Å²) in [5, 5.41) is 13.0. The quantitative estimate of drug-likeness (QED) is 0.798. The molecule has 0 bridgehead atoms. The van der Waals surface area contributed by atoms with E-state index >= 15 is 0 Å². The molecule has 156 valence electrons. The zero-order chi connectivity index (χ0) is 20.7. The van der Waals surface area contributed by atoms with Gasteiger partial charge in [0.2, 0.25) is 5.91 Å². The summed E-state index contributed by atoms with van der Waals surface area (Å²) in [6, 6.07) is 15.1. The summed E-state index contributed by atoms with van der Waals surface area (Å²) in [5.74, 6) is -0.890. The molecule has 0 radical (unpaired) electrons. The lowest BCUT2D eigenvalue weighted by molar-refractivity contribution is -0.147. The largest absolute Gasteiger partial charge is 0.489 e. The van der Waals surface area contributed by atoms with Crippen LogP contribution in [0.25, 0.3) is 0 Å². The van der Waals surface area contributed by atoms with Crippen molar-refractivity contribution in [3.8, 4) is 5.75 Å². The minimum Gasteiger partial charge on any atom is -0.489 e. The second-order valence-electron chi connectivity index (χ2n) is 8.81. The summed E-state index contributed by atoms with van der Waals surface area (Å²) in [7, 11) is 0. The number of fused-ring (bicyclic) bond motifs is 1. The Kier molecular flexibility index (Phi) is 4.74. The van der Waals surface area contributed by atoms with Crippen molar-refractivity contribution in [3.05, 3.63) is 59.7 Å². The highest BCUT2D eigenvalue weighted by atomic mass is 16.5. The van der Waals surface area contributed by atoms with E-state index in [1.165, 1.54) is 0 Å². The SMILES string of the molecule is O=C(O)C1CC2(CC2)CNC1C(=O)N1CCc2cc(OCc3ccccc3)ccc21. The average molecular weight is 406 g/mol. The fourth-order valence-electron chi connectivity index (χ4n) is 4.78. The van der Waals surface area contributed by atoms with Crippen LogP contribution in [0.2, 0.25) is 0 Å². The Balaban J connectivity index is 1.29. The van der Waals surface area contributed by atoms with Crippen molar-refractivity contribution in [2.24, 2.45) is 11.3 Å². The van der Waals surface area contributed by atoms with E-state index in [1.807, 2.05) is 48.5 Å². The van der Waals surface area contributed by atoms with Crippen molar-refractivity contribution in [2.45, 2.75) is 38.3 Å². The van der Waals surface area contributed by atoms with E-state index in [1.54, 1.807) is 4.90 Å². The molecule has 2 aliphatic heterocycles. The summed E-state index contributed by atoms with van der Waals surface area (Å²) in [4.78, 5) is 26.9. The Labute approximate surface area is 175 Å². The number of carbonyl (C=O) groups is 2. The number of aliphatic carboxylic acids is 1. The molecule has 2 N–H and O–H groups in total. The van der Waals surface area contributed by atoms with Gasteiger partial charge in [0.15, 0.2) is 0 Å². The number of piperidine rings is 1. The van der Waals surface area contributed by atoms with Gasteiger partial charge in [0.05, 0.1) is 5.92 Å². The third-order valence-corrected chi connectivity index (χ3v) is 6.75. The first-order chi connectivity index (χ1) is 14.5. The van der Waals surface area contributed by atoms with Crippen LogP contribution >= 0.6 is 0 Å². The maximum Gasteiger partial charge on any atom is 0.308 e. The molecular weight excluding hydrogens is 380 g/mol. The summed E-state index contributed by atoms with van der Waals surface area (Å²) in [6.07, 6.45) is 3.46. The molecule has 1 amide bonds. The average Bonchev–Trinajstić information content (AvgIpc) is 3.38. The standard InChI is InChI=1S/C24H26N2O4/c27-22(21-19(23(28)29)13-24(9-10-24)15-25-21)26-11-8-17-12-18(6-7-20(17)26)30-14-16-4-2-1-3-5-16/h1-7,12,19,21,25H,8-11,13-15H2,(H,28,29). The number of nitrogens with one attached hydrogen (secondary N) is 1. The van der Waals surface area contributed by atoms with Gasteiger partial charge in [-0.05, 0) is 60.4 Å². The summed E-state index contributed by atoms with van der Waals surface area (Å²) < 4.78 is 5.91. The van der Waals surface area contributed by atoms with Gasteiger partial charge < -0.3 is 20.1 Å². The smallest absolute Gasteiger partial charge is 0.308 e. The van der Waals surface area contributed by atoms with Crippen molar-refractivity contribution in [1.29, 1.82) is 0 Å². The van der Waals surface area contributed by atoms with Crippen LogP contribution in [-0.2, 0) is 22.6 Å². The van der Waals surface area contributed by atoms with Gasteiger partial charge in [-0.1, -0.05) is 30.3 Å². The van der Waals surface area contributed by atoms with E-state index < -0.39 is 17.9 Å². The number of hydrogen-bond donors (Lipinski definition) is 2. The van der Waals surface area contributed by atoms with E-state index in [4.69, 9.17) is 4.74 Å². The molecule has 1 aliphatic carbocycles. The number of ether oxygens (including phenoxy) is 1. The van der Waals surface area contributed by atoms with Crippen LogP contribution in [0.4, 0.5) is 5.69 Å². The van der Waals surface area contributed by atoms with Gasteiger partial charge in [-0.25, -0.2) is 0 Å². The zero-order valence-electron chi connectivity index (χ0n) is 16.8. The Morgan fingerprint density at radius 3 is 2.70 bits per heavy atom. The molecule has 0 aromatic heterocycles. The van der Waals surface area contributed by atoms with Crippen molar-refractivity contribution in [1.82, 2.24) is 5.32 Å². The van der Waals surface area contributed by atoms with Gasteiger partial charge in [-0.3, -0.25) is 9.59 Å². The van der Waals surface area contributed by atoms with Crippen LogP contribution in [0.1, 0.15) is 30.4 Å². The van der Waals surface area contributed by atoms with Gasteiger partial charge in [0, 0.05) is 18.8 Å². The zero-order valence-corrected chi connectivity index (χ0v) is 16.8. The lowest BCUT2D eigenvalue weighted by Gasteiger charge is -2.36. The van der Waals surface area contributed by atoms with E-state index in [2.05, 4.69) is 5.32 Å². The Bertz CT molecular complexity index is 970. The van der Waals surface area contributed by atoms with Crippen LogP contribution in [-0.4, -0.2) is 36.1 Å². The van der Waals surface area contributed by atoms with Gasteiger partial charge in [0.1, 0.15) is 18.4 Å².